The van der Waals surface area contributed by atoms with Crippen LogP contribution in [0.2, 0.25) is 0 Å². The molecule has 0 spiro atoms. The Kier molecular flexibility index (Phi) is 8.60. The monoisotopic (exact) mass is 442 g/mol. The van der Waals surface area contributed by atoms with Crippen molar-refractivity contribution in [3.05, 3.63) is 48.5 Å². The summed E-state index contributed by atoms with van der Waals surface area (Å²) in [5, 5.41) is 5.99. The predicted octanol–water partition coefficient (Wildman–Crippen LogP) is 2.71. The van der Waals surface area contributed by atoms with Gasteiger partial charge in [-0.25, -0.2) is 0 Å². The summed E-state index contributed by atoms with van der Waals surface area (Å²) in [6, 6.07) is 14.0. The van der Waals surface area contributed by atoms with Gasteiger partial charge in [0.25, 0.3) is 11.8 Å². The van der Waals surface area contributed by atoms with E-state index in [2.05, 4.69) is 10.6 Å². The van der Waals surface area contributed by atoms with Gasteiger partial charge in [-0.05, 0) is 37.1 Å². The molecular weight excluding hydrogens is 412 g/mol. The third-order valence-corrected chi connectivity index (χ3v) is 5.31. The molecule has 1 aliphatic rings. The lowest BCUT2D eigenvalue weighted by Gasteiger charge is -2.32. The zero-order valence-corrected chi connectivity index (χ0v) is 18.5. The van der Waals surface area contributed by atoms with Crippen LogP contribution < -0.4 is 29.6 Å². The Balaban J connectivity index is 1.49. The Morgan fingerprint density at radius 3 is 1.47 bits per heavy atom. The number of ether oxygens (including phenoxy) is 4. The molecule has 0 saturated heterocycles. The number of hydrogen-bond donors (Lipinski definition) is 2. The van der Waals surface area contributed by atoms with E-state index >= 15 is 0 Å². The molecule has 2 N–H and O–H groups in total. The smallest absolute Gasteiger partial charge is 0.258 e. The zero-order valence-electron chi connectivity index (χ0n) is 18.5. The van der Waals surface area contributed by atoms with E-state index < -0.39 is 0 Å². The molecule has 2 aromatic carbocycles. The molecule has 2 atom stereocenters. The number of nitrogens with one attached hydrogen (secondary N) is 2. The lowest BCUT2D eigenvalue weighted by Crippen LogP contribution is -2.54. The van der Waals surface area contributed by atoms with Crippen molar-refractivity contribution in [2.75, 3.05) is 27.4 Å². The van der Waals surface area contributed by atoms with E-state index in [9.17, 15) is 9.59 Å². The van der Waals surface area contributed by atoms with E-state index in [-0.39, 0.29) is 37.1 Å². The van der Waals surface area contributed by atoms with Gasteiger partial charge in [-0.15, -0.1) is 0 Å². The molecule has 0 bridgehead atoms. The number of carbonyl (C=O) groups is 2. The van der Waals surface area contributed by atoms with Gasteiger partial charge in [0.1, 0.15) is 0 Å². The van der Waals surface area contributed by atoms with Crippen LogP contribution in [0, 0.1) is 0 Å². The maximum atomic E-state index is 12.5. The average Bonchev–Trinajstić information content (AvgIpc) is 2.83. The Labute approximate surface area is 188 Å². The molecule has 1 aliphatic carbocycles. The van der Waals surface area contributed by atoms with Crippen LogP contribution in [0.15, 0.2) is 48.5 Å². The molecule has 2 aromatic rings. The Morgan fingerprint density at radius 2 is 1.09 bits per heavy atom. The van der Waals surface area contributed by atoms with E-state index in [4.69, 9.17) is 18.9 Å². The second-order valence-electron chi connectivity index (χ2n) is 7.51. The lowest BCUT2D eigenvalue weighted by atomic mass is 9.90. The van der Waals surface area contributed by atoms with Crippen molar-refractivity contribution in [2.24, 2.45) is 0 Å². The van der Waals surface area contributed by atoms with E-state index in [0.29, 0.717) is 23.0 Å². The summed E-state index contributed by atoms with van der Waals surface area (Å²) < 4.78 is 21.7. The van der Waals surface area contributed by atoms with E-state index in [1.807, 2.05) is 24.3 Å². The molecule has 32 heavy (non-hydrogen) atoms. The van der Waals surface area contributed by atoms with Crippen LogP contribution in [-0.2, 0) is 9.59 Å². The minimum atomic E-state index is -0.243. The number of para-hydroxylation sites is 4. The van der Waals surface area contributed by atoms with Crippen LogP contribution in [0.25, 0.3) is 0 Å². The van der Waals surface area contributed by atoms with Crippen molar-refractivity contribution < 1.29 is 28.5 Å². The quantitative estimate of drug-likeness (QED) is 0.588. The first-order chi connectivity index (χ1) is 15.6. The van der Waals surface area contributed by atoms with Gasteiger partial charge in [0.05, 0.1) is 14.2 Å². The number of hydrogen-bond acceptors (Lipinski definition) is 6. The highest BCUT2D eigenvalue weighted by atomic mass is 16.5. The van der Waals surface area contributed by atoms with Gasteiger partial charge in [-0.2, -0.15) is 0 Å². The summed E-state index contributed by atoms with van der Waals surface area (Å²) in [5.41, 5.74) is 0. The molecule has 172 valence electrons. The zero-order chi connectivity index (χ0) is 22.8. The second-order valence-corrected chi connectivity index (χ2v) is 7.51. The van der Waals surface area contributed by atoms with Crippen molar-refractivity contribution in [3.63, 3.8) is 0 Å². The highest BCUT2D eigenvalue weighted by molar-refractivity contribution is 5.79. The van der Waals surface area contributed by atoms with Crippen molar-refractivity contribution in [1.82, 2.24) is 10.6 Å². The maximum Gasteiger partial charge on any atom is 0.258 e. The first-order valence-electron chi connectivity index (χ1n) is 10.7. The Hall–Kier alpha value is -3.42. The van der Waals surface area contributed by atoms with Gasteiger partial charge < -0.3 is 29.6 Å². The maximum absolute atomic E-state index is 12.5. The molecule has 0 heterocycles. The number of carbonyl (C=O) groups excluding carboxylic acids is 2. The summed E-state index contributed by atoms with van der Waals surface area (Å²) in [6.07, 6.45) is 3.56. The molecule has 0 radical (unpaired) electrons. The molecule has 1 fully saturated rings. The summed E-state index contributed by atoms with van der Waals surface area (Å²) in [5.74, 6) is 1.66. The fraction of sp³-hybridized carbons (Fsp3) is 0.417. The van der Waals surface area contributed by atoms with Crippen molar-refractivity contribution in [2.45, 2.75) is 37.8 Å². The molecule has 8 heteroatoms. The van der Waals surface area contributed by atoms with Crippen molar-refractivity contribution >= 4 is 11.8 Å². The van der Waals surface area contributed by atoms with Crippen molar-refractivity contribution in [1.29, 1.82) is 0 Å². The van der Waals surface area contributed by atoms with Gasteiger partial charge in [-0.1, -0.05) is 37.1 Å². The third-order valence-electron chi connectivity index (χ3n) is 5.31. The van der Waals surface area contributed by atoms with Gasteiger partial charge in [0, 0.05) is 12.1 Å². The van der Waals surface area contributed by atoms with Gasteiger partial charge >= 0.3 is 0 Å². The van der Waals surface area contributed by atoms with Crippen LogP contribution in [0.4, 0.5) is 0 Å². The minimum Gasteiger partial charge on any atom is -0.493 e. The van der Waals surface area contributed by atoms with Crippen molar-refractivity contribution in [3.8, 4) is 23.0 Å². The number of methoxy groups -OCH3 is 2. The predicted molar refractivity (Wildman–Crippen MR) is 119 cm³/mol. The van der Waals surface area contributed by atoms with E-state index in [0.717, 1.165) is 25.7 Å². The second kappa shape index (κ2) is 11.8. The minimum absolute atomic E-state index is 0.131. The molecule has 1 saturated carbocycles. The molecule has 2 amide bonds. The number of rotatable bonds is 10. The number of amides is 2. The Bertz CT molecular complexity index is 830. The van der Waals surface area contributed by atoms with Crippen LogP contribution in [0.3, 0.4) is 0 Å². The van der Waals surface area contributed by atoms with Gasteiger partial charge in [0.2, 0.25) is 0 Å². The SMILES string of the molecule is COc1ccccc1OCC(=O)N[C@@H]1CCCC[C@H]1NC(=O)COc1ccccc1OC. The summed E-state index contributed by atoms with van der Waals surface area (Å²) in [7, 11) is 3.10. The van der Waals surface area contributed by atoms with Crippen LogP contribution in [0.5, 0.6) is 23.0 Å². The fourth-order valence-corrected chi connectivity index (χ4v) is 3.74. The van der Waals surface area contributed by atoms with Crippen LogP contribution >= 0.6 is 0 Å². The van der Waals surface area contributed by atoms with E-state index in [1.165, 1.54) is 0 Å². The largest absolute Gasteiger partial charge is 0.493 e. The molecule has 3 rings (SSSR count). The highest BCUT2D eigenvalue weighted by Gasteiger charge is 2.28. The lowest BCUT2D eigenvalue weighted by molar-refractivity contribution is -0.127. The normalized spacial score (nSPS) is 17.7. The number of benzene rings is 2. The summed E-state index contributed by atoms with van der Waals surface area (Å²) >= 11 is 0. The summed E-state index contributed by atoms with van der Waals surface area (Å²) in [6.45, 7) is -0.261. The van der Waals surface area contributed by atoms with Crippen LogP contribution in [0.1, 0.15) is 25.7 Å². The summed E-state index contributed by atoms with van der Waals surface area (Å²) in [4.78, 5) is 24.9. The fourth-order valence-electron chi connectivity index (χ4n) is 3.74. The first kappa shape index (κ1) is 23.2. The van der Waals surface area contributed by atoms with E-state index in [1.54, 1.807) is 38.5 Å². The molecule has 8 nitrogen and oxygen atoms in total. The Morgan fingerprint density at radius 1 is 0.719 bits per heavy atom. The molecule has 0 unspecified atom stereocenters. The molecule has 0 aliphatic heterocycles. The standard InChI is InChI=1S/C24H30N2O6/c1-29-19-11-5-7-13-21(19)31-15-23(27)25-17-9-3-4-10-18(17)26-24(28)16-32-22-14-8-6-12-20(22)30-2/h5-8,11-14,17-18H,3-4,9-10,15-16H2,1-2H3,(H,25,27)(H,26,28)/t17-,18-/m1/s1. The third kappa shape index (κ3) is 6.54. The topological polar surface area (TPSA) is 95.1 Å². The molecular formula is C24H30N2O6. The van der Waals surface area contributed by atoms with Gasteiger partial charge in [0.15, 0.2) is 36.2 Å². The van der Waals surface area contributed by atoms with Crippen LogP contribution in [-0.4, -0.2) is 51.3 Å². The average molecular weight is 443 g/mol. The first-order valence-corrected chi connectivity index (χ1v) is 10.7. The molecule has 0 aromatic heterocycles. The highest BCUT2D eigenvalue weighted by Crippen LogP contribution is 2.26. The van der Waals surface area contributed by atoms with Gasteiger partial charge in [-0.3, -0.25) is 9.59 Å².